The highest BCUT2D eigenvalue weighted by atomic mass is 32.1. The molecule has 7 heteroatoms. The fraction of sp³-hybridized carbons (Fsp3) is 0.333. The molecule has 0 radical (unpaired) electrons. The van der Waals surface area contributed by atoms with Crippen molar-refractivity contribution >= 4 is 34.0 Å². The second-order valence-electron chi connectivity index (χ2n) is 3.84. The molecule has 0 aliphatic heterocycles. The number of carbonyl (C=O) groups excluding carboxylic acids is 1. The monoisotopic (exact) mass is 298 g/mol. The molecule has 2 aromatic heterocycles. The Morgan fingerprint density at radius 1 is 1.53 bits per heavy atom. The minimum absolute atomic E-state index is 0.102. The third kappa shape index (κ3) is 2.57. The minimum atomic E-state index is -0.458. The van der Waals surface area contributed by atoms with Gasteiger partial charge in [-0.25, -0.2) is 4.79 Å². The summed E-state index contributed by atoms with van der Waals surface area (Å²) in [7, 11) is 3.30. The van der Waals surface area contributed by atoms with Crippen molar-refractivity contribution in [1.82, 2.24) is 3.96 Å². The zero-order valence-corrected chi connectivity index (χ0v) is 12.5. The molecule has 0 N–H and O–H groups in total. The second kappa shape index (κ2) is 5.58. The van der Waals surface area contributed by atoms with Crippen molar-refractivity contribution in [2.24, 2.45) is 7.05 Å². The molecule has 0 atom stereocenters. The predicted molar refractivity (Wildman–Crippen MR) is 78.3 cm³/mol. The van der Waals surface area contributed by atoms with Gasteiger partial charge in [-0.15, -0.1) is 0 Å². The van der Waals surface area contributed by atoms with Crippen LogP contribution in [0.2, 0.25) is 0 Å². The number of carbonyl (C=O) groups is 1. The van der Waals surface area contributed by atoms with Crippen LogP contribution in [0.5, 0.6) is 0 Å². The molecule has 0 spiro atoms. The summed E-state index contributed by atoms with van der Waals surface area (Å²) < 4.78 is 6.48. The molecule has 0 saturated carbocycles. The lowest BCUT2D eigenvalue weighted by Gasteiger charge is -2.15. The van der Waals surface area contributed by atoms with E-state index >= 15 is 0 Å². The van der Waals surface area contributed by atoms with E-state index in [1.807, 2.05) is 16.8 Å². The Balaban J connectivity index is 2.50. The maximum absolute atomic E-state index is 12.2. The van der Waals surface area contributed by atoms with Gasteiger partial charge < -0.3 is 4.74 Å². The van der Waals surface area contributed by atoms with Gasteiger partial charge in [0.1, 0.15) is 5.00 Å². The summed E-state index contributed by atoms with van der Waals surface area (Å²) in [6.45, 7) is 2.05. The smallest absolute Gasteiger partial charge is 0.414 e. The lowest BCUT2D eigenvalue weighted by molar-refractivity contribution is 0.161. The molecule has 0 bridgehead atoms. The van der Waals surface area contributed by atoms with Gasteiger partial charge in [-0.05, 0) is 35.3 Å². The number of hydrogen-bond acceptors (Lipinski definition) is 5. The Morgan fingerprint density at radius 2 is 2.26 bits per heavy atom. The lowest BCUT2D eigenvalue weighted by atomic mass is 10.2. The number of aromatic nitrogens is 1. The van der Waals surface area contributed by atoms with E-state index in [1.165, 1.54) is 31.7 Å². The van der Waals surface area contributed by atoms with Gasteiger partial charge in [0.15, 0.2) is 0 Å². The van der Waals surface area contributed by atoms with E-state index in [0.717, 1.165) is 5.56 Å². The Kier molecular flexibility index (Phi) is 4.06. The number of aryl methyl sites for hydroxylation is 1. The second-order valence-corrected chi connectivity index (χ2v) is 5.74. The summed E-state index contributed by atoms with van der Waals surface area (Å²) in [5, 5.41) is 4.40. The lowest BCUT2D eigenvalue weighted by Crippen LogP contribution is -2.27. The molecular formula is C12H14N2O3S2. The van der Waals surface area contributed by atoms with E-state index in [1.54, 1.807) is 21.0 Å². The summed E-state index contributed by atoms with van der Waals surface area (Å²) >= 11 is 2.75. The molecule has 0 aliphatic carbocycles. The molecule has 2 rings (SSSR count). The van der Waals surface area contributed by atoms with Crippen LogP contribution < -0.4 is 10.5 Å². The molecule has 2 heterocycles. The molecule has 5 nitrogen and oxygen atoms in total. The largest absolute Gasteiger partial charge is 0.449 e. The van der Waals surface area contributed by atoms with Crippen LogP contribution >= 0.6 is 22.9 Å². The van der Waals surface area contributed by atoms with Crippen molar-refractivity contribution in [2.75, 3.05) is 18.6 Å². The first-order valence-electron chi connectivity index (χ1n) is 5.69. The topological polar surface area (TPSA) is 51.5 Å². The Hall–Kier alpha value is -1.60. The van der Waals surface area contributed by atoms with Crippen LogP contribution in [0.1, 0.15) is 6.92 Å². The summed E-state index contributed by atoms with van der Waals surface area (Å²) in [6.07, 6.45) is -0.458. The first-order chi connectivity index (χ1) is 9.06. The van der Waals surface area contributed by atoms with Gasteiger partial charge in [0.25, 0.3) is 5.56 Å². The van der Waals surface area contributed by atoms with Crippen molar-refractivity contribution in [3.63, 3.8) is 0 Å². The Labute approximate surface area is 118 Å². The molecule has 2 aromatic rings. The SMILES string of the molecule is CCOC(=O)N(C)c1sn(C)c(=O)c1-c1ccsc1. The normalized spacial score (nSPS) is 10.5. The van der Waals surface area contributed by atoms with Gasteiger partial charge >= 0.3 is 6.09 Å². The molecule has 0 saturated heterocycles. The summed E-state index contributed by atoms with van der Waals surface area (Å²) in [4.78, 5) is 25.3. The van der Waals surface area contributed by atoms with Crippen molar-refractivity contribution in [3.8, 4) is 11.1 Å². The summed E-state index contributed by atoms with van der Waals surface area (Å²) in [5.74, 6) is 0. The first kappa shape index (κ1) is 13.8. The van der Waals surface area contributed by atoms with Crippen molar-refractivity contribution < 1.29 is 9.53 Å². The minimum Gasteiger partial charge on any atom is -0.449 e. The van der Waals surface area contributed by atoms with Crippen molar-refractivity contribution in [3.05, 3.63) is 27.2 Å². The Bertz CT molecular complexity index is 628. The highest BCUT2D eigenvalue weighted by molar-refractivity contribution is 7.11. The quantitative estimate of drug-likeness (QED) is 0.875. The van der Waals surface area contributed by atoms with E-state index in [2.05, 4.69) is 0 Å². The molecule has 102 valence electrons. The summed E-state index contributed by atoms with van der Waals surface area (Å²) in [5.41, 5.74) is 1.27. The predicted octanol–water partition coefficient (Wildman–Crippen LogP) is 2.77. The molecule has 1 amide bonds. The highest BCUT2D eigenvalue weighted by Gasteiger charge is 2.23. The van der Waals surface area contributed by atoms with E-state index in [-0.39, 0.29) is 5.56 Å². The van der Waals surface area contributed by atoms with Crippen LogP contribution in [0, 0.1) is 0 Å². The van der Waals surface area contributed by atoms with Crippen LogP contribution in [0.3, 0.4) is 0 Å². The standard InChI is InChI=1S/C12H14N2O3S2/c1-4-17-12(16)13(2)11-9(8-5-6-18-7-8)10(15)14(3)19-11/h5-7H,4H2,1-3H3. The van der Waals surface area contributed by atoms with Crippen LogP contribution in [-0.4, -0.2) is 23.7 Å². The number of rotatable bonds is 3. The average Bonchev–Trinajstić information content (AvgIpc) is 2.98. The average molecular weight is 298 g/mol. The van der Waals surface area contributed by atoms with Crippen LogP contribution in [0.15, 0.2) is 21.6 Å². The van der Waals surface area contributed by atoms with Crippen LogP contribution in [0.25, 0.3) is 11.1 Å². The fourth-order valence-electron chi connectivity index (χ4n) is 1.65. The van der Waals surface area contributed by atoms with E-state index in [0.29, 0.717) is 17.2 Å². The molecule has 0 aliphatic rings. The van der Waals surface area contributed by atoms with Gasteiger partial charge in [-0.1, -0.05) is 0 Å². The van der Waals surface area contributed by atoms with Gasteiger partial charge in [0.2, 0.25) is 0 Å². The van der Waals surface area contributed by atoms with E-state index in [4.69, 9.17) is 4.74 Å². The van der Waals surface area contributed by atoms with Crippen molar-refractivity contribution in [2.45, 2.75) is 6.92 Å². The maximum Gasteiger partial charge on any atom is 0.414 e. The molecule has 0 unspecified atom stereocenters. The third-order valence-corrected chi connectivity index (χ3v) is 4.37. The van der Waals surface area contributed by atoms with Crippen LogP contribution in [0.4, 0.5) is 9.80 Å². The number of thiophene rings is 1. The number of nitrogens with zero attached hydrogens (tertiary/aromatic N) is 2. The zero-order chi connectivity index (χ0) is 14.0. The van der Waals surface area contributed by atoms with Gasteiger partial charge in [-0.3, -0.25) is 13.7 Å². The van der Waals surface area contributed by atoms with Crippen LogP contribution in [-0.2, 0) is 11.8 Å². The molecule has 19 heavy (non-hydrogen) atoms. The molecular weight excluding hydrogens is 284 g/mol. The van der Waals surface area contributed by atoms with Crippen molar-refractivity contribution in [1.29, 1.82) is 0 Å². The molecule has 0 fully saturated rings. The maximum atomic E-state index is 12.2. The van der Waals surface area contributed by atoms with Gasteiger partial charge in [0, 0.05) is 19.7 Å². The summed E-state index contributed by atoms with van der Waals surface area (Å²) in [6, 6.07) is 1.87. The van der Waals surface area contributed by atoms with E-state index in [9.17, 15) is 9.59 Å². The van der Waals surface area contributed by atoms with E-state index < -0.39 is 6.09 Å². The highest BCUT2D eigenvalue weighted by Crippen LogP contribution is 2.33. The number of hydrogen-bond donors (Lipinski definition) is 0. The Morgan fingerprint density at radius 3 is 2.84 bits per heavy atom. The number of amides is 1. The third-order valence-electron chi connectivity index (χ3n) is 2.59. The number of ether oxygens (including phenoxy) is 1. The van der Waals surface area contributed by atoms with Gasteiger partial charge in [0.05, 0.1) is 12.2 Å². The zero-order valence-electron chi connectivity index (χ0n) is 10.9. The molecule has 0 aromatic carbocycles. The fourth-order valence-corrected chi connectivity index (χ4v) is 3.23. The first-order valence-corrected chi connectivity index (χ1v) is 7.41. The number of anilines is 1. The van der Waals surface area contributed by atoms with Gasteiger partial charge in [-0.2, -0.15) is 11.3 Å².